The van der Waals surface area contributed by atoms with Crippen molar-refractivity contribution in [1.82, 2.24) is 4.90 Å². The van der Waals surface area contributed by atoms with Crippen LogP contribution in [0.4, 0.5) is 14.5 Å². The van der Waals surface area contributed by atoms with Crippen LogP contribution in [-0.4, -0.2) is 61.0 Å². The van der Waals surface area contributed by atoms with Gasteiger partial charge in [-0.3, -0.25) is 0 Å². The van der Waals surface area contributed by atoms with Crippen molar-refractivity contribution in [2.24, 2.45) is 0 Å². The van der Waals surface area contributed by atoms with Gasteiger partial charge >= 0.3 is 6.61 Å². The molecular formula is C18H28F2N2O3. The molecule has 1 aromatic rings. The molecule has 0 unspecified atom stereocenters. The van der Waals surface area contributed by atoms with Crippen molar-refractivity contribution in [1.29, 1.82) is 0 Å². The third-order valence-corrected chi connectivity index (χ3v) is 4.84. The Kier molecular flexibility index (Phi) is 5.79. The van der Waals surface area contributed by atoms with Crippen LogP contribution in [0.15, 0.2) is 18.2 Å². The molecule has 0 radical (unpaired) electrons. The van der Waals surface area contributed by atoms with E-state index in [0.29, 0.717) is 11.4 Å². The minimum Gasteiger partial charge on any atom is -0.485 e. The van der Waals surface area contributed by atoms with Gasteiger partial charge in [-0.2, -0.15) is 8.78 Å². The molecule has 0 aliphatic carbocycles. The summed E-state index contributed by atoms with van der Waals surface area (Å²) in [6.45, 7) is 7.06. The van der Waals surface area contributed by atoms with Crippen LogP contribution in [0.3, 0.4) is 0 Å². The first-order chi connectivity index (χ1) is 11.5. The van der Waals surface area contributed by atoms with Crippen LogP contribution in [0, 0.1) is 0 Å². The van der Waals surface area contributed by atoms with E-state index in [2.05, 4.69) is 4.90 Å². The van der Waals surface area contributed by atoms with Gasteiger partial charge in [0, 0.05) is 32.2 Å². The Morgan fingerprint density at radius 3 is 2.20 bits per heavy atom. The molecule has 142 valence electrons. The molecule has 0 saturated carbocycles. The molecule has 0 bridgehead atoms. The third kappa shape index (κ3) is 4.95. The van der Waals surface area contributed by atoms with Crippen molar-refractivity contribution in [3.63, 3.8) is 0 Å². The Bertz CT molecular complexity index is 580. The predicted molar refractivity (Wildman–Crippen MR) is 93.8 cm³/mol. The lowest BCUT2D eigenvalue weighted by Gasteiger charge is -2.38. The van der Waals surface area contributed by atoms with Crippen LogP contribution in [0.5, 0.6) is 11.5 Å². The molecule has 1 saturated heterocycles. The summed E-state index contributed by atoms with van der Waals surface area (Å²) in [4.78, 5) is 4.22. The number of hydrogen-bond donors (Lipinski definition) is 1. The first-order valence-corrected chi connectivity index (χ1v) is 8.43. The molecule has 0 atom stereocenters. The van der Waals surface area contributed by atoms with Crippen LogP contribution in [0.25, 0.3) is 0 Å². The molecule has 1 aliphatic heterocycles. The van der Waals surface area contributed by atoms with Crippen LogP contribution in [0.1, 0.15) is 27.7 Å². The highest BCUT2D eigenvalue weighted by atomic mass is 19.3. The van der Waals surface area contributed by atoms with E-state index in [4.69, 9.17) is 9.47 Å². The summed E-state index contributed by atoms with van der Waals surface area (Å²) in [5.41, 5.74) is -1.38. The summed E-state index contributed by atoms with van der Waals surface area (Å²) < 4.78 is 36.3. The minimum absolute atomic E-state index is 0.0867. The summed E-state index contributed by atoms with van der Waals surface area (Å²) >= 11 is 0. The lowest BCUT2D eigenvalue weighted by molar-refractivity contribution is -0.0910. The molecular weight excluding hydrogens is 330 g/mol. The number of likely N-dealkylation sites (N-methyl/N-ethyl adjacent to an activating group) is 1. The van der Waals surface area contributed by atoms with Gasteiger partial charge in [-0.1, -0.05) is 0 Å². The quantitative estimate of drug-likeness (QED) is 0.847. The number of hydrogen-bond acceptors (Lipinski definition) is 5. The zero-order valence-corrected chi connectivity index (χ0v) is 15.6. The van der Waals surface area contributed by atoms with Gasteiger partial charge in [-0.15, -0.1) is 0 Å². The van der Waals surface area contributed by atoms with Gasteiger partial charge in [0.15, 0.2) is 5.75 Å². The second-order valence-corrected chi connectivity index (χ2v) is 7.47. The van der Waals surface area contributed by atoms with Gasteiger partial charge in [0.25, 0.3) is 0 Å². The first-order valence-electron chi connectivity index (χ1n) is 8.43. The number of piperazine rings is 1. The standard InChI is InChI=1S/C18H28F2N2O3/c1-17(2,23)18(3,4)25-13-6-7-14(15(12-13)24-16(19)20)22-10-8-21(5)9-11-22/h6-7,12,16,23H,8-11H2,1-5H3. The molecule has 1 N–H and O–H groups in total. The Balaban J connectivity index is 2.27. The van der Waals surface area contributed by atoms with E-state index in [-0.39, 0.29) is 5.75 Å². The van der Waals surface area contributed by atoms with Gasteiger partial charge in [-0.25, -0.2) is 0 Å². The van der Waals surface area contributed by atoms with Crippen molar-refractivity contribution < 1.29 is 23.4 Å². The van der Waals surface area contributed by atoms with E-state index in [1.165, 1.54) is 6.07 Å². The highest BCUT2D eigenvalue weighted by Gasteiger charge is 2.37. The normalized spacial score (nSPS) is 17.1. The number of benzene rings is 1. The number of rotatable bonds is 6. The van der Waals surface area contributed by atoms with Crippen molar-refractivity contribution in [3.8, 4) is 11.5 Å². The summed E-state index contributed by atoms with van der Waals surface area (Å²) in [6, 6.07) is 4.92. The molecule has 5 nitrogen and oxygen atoms in total. The van der Waals surface area contributed by atoms with Gasteiger partial charge in [0.2, 0.25) is 0 Å². The smallest absolute Gasteiger partial charge is 0.387 e. The fourth-order valence-corrected chi connectivity index (χ4v) is 2.48. The van der Waals surface area contributed by atoms with Crippen LogP contribution in [0.2, 0.25) is 0 Å². The fourth-order valence-electron chi connectivity index (χ4n) is 2.48. The second-order valence-electron chi connectivity index (χ2n) is 7.47. The van der Waals surface area contributed by atoms with Crippen molar-refractivity contribution in [2.45, 2.75) is 45.5 Å². The number of alkyl halides is 2. The van der Waals surface area contributed by atoms with Gasteiger partial charge < -0.3 is 24.4 Å². The largest absolute Gasteiger partial charge is 0.485 e. The van der Waals surface area contributed by atoms with Crippen molar-refractivity contribution >= 4 is 5.69 Å². The van der Waals surface area contributed by atoms with E-state index in [1.807, 2.05) is 11.9 Å². The molecule has 7 heteroatoms. The first kappa shape index (κ1) is 19.7. The van der Waals surface area contributed by atoms with E-state index >= 15 is 0 Å². The molecule has 0 amide bonds. The Morgan fingerprint density at radius 2 is 1.68 bits per heavy atom. The molecule has 1 fully saturated rings. The Morgan fingerprint density at radius 1 is 1.08 bits per heavy atom. The predicted octanol–water partition coefficient (Wildman–Crippen LogP) is 2.97. The molecule has 0 spiro atoms. The topological polar surface area (TPSA) is 45.2 Å². The van der Waals surface area contributed by atoms with Gasteiger partial charge in [0.05, 0.1) is 11.3 Å². The van der Waals surface area contributed by atoms with E-state index in [1.54, 1.807) is 39.8 Å². The fraction of sp³-hybridized carbons (Fsp3) is 0.667. The number of anilines is 1. The summed E-state index contributed by atoms with van der Waals surface area (Å²) in [5, 5.41) is 10.2. The lowest BCUT2D eigenvalue weighted by Crippen LogP contribution is -2.49. The molecule has 0 aromatic heterocycles. The highest BCUT2D eigenvalue weighted by molar-refractivity contribution is 5.61. The highest BCUT2D eigenvalue weighted by Crippen LogP contribution is 2.36. The van der Waals surface area contributed by atoms with Gasteiger partial charge in [-0.05, 0) is 46.9 Å². The van der Waals surface area contributed by atoms with E-state index in [9.17, 15) is 13.9 Å². The number of ether oxygens (including phenoxy) is 2. The van der Waals surface area contributed by atoms with Crippen LogP contribution >= 0.6 is 0 Å². The van der Waals surface area contributed by atoms with E-state index < -0.39 is 17.8 Å². The summed E-state index contributed by atoms with van der Waals surface area (Å²) in [6.07, 6.45) is 0. The lowest BCUT2D eigenvalue weighted by atomic mass is 9.89. The zero-order valence-electron chi connectivity index (χ0n) is 15.6. The zero-order chi connectivity index (χ0) is 18.8. The SMILES string of the molecule is CN1CCN(c2ccc(OC(C)(C)C(C)(C)O)cc2OC(F)F)CC1. The van der Waals surface area contributed by atoms with Gasteiger partial charge in [0.1, 0.15) is 11.4 Å². The molecule has 1 aliphatic rings. The average molecular weight is 358 g/mol. The van der Waals surface area contributed by atoms with Crippen molar-refractivity contribution in [3.05, 3.63) is 18.2 Å². The maximum absolute atomic E-state index is 12.9. The molecule has 2 rings (SSSR count). The average Bonchev–Trinajstić information content (AvgIpc) is 2.46. The summed E-state index contributed by atoms with van der Waals surface area (Å²) in [7, 11) is 2.03. The maximum atomic E-state index is 12.9. The molecule has 1 heterocycles. The Labute approximate surface area is 148 Å². The third-order valence-electron chi connectivity index (χ3n) is 4.84. The molecule has 25 heavy (non-hydrogen) atoms. The minimum atomic E-state index is -2.91. The summed E-state index contributed by atoms with van der Waals surface area (Å²) in [5.74, 6) is 0.462. The van der Waals surface area contributed by atoms with E-state index in [0.717, 1.165) is 26.2 Å². The maximum Gasteiger partial charge on any atom is 0.387 e. The number of nitrogens with zero attached hydrogens (tertiary/aromatic N) is 2. The number of halogens is 2. The monoisotopic (exact) mass is 358 g/mol. The van der Waals surface area contributed by atoms with Crippen LogP contribution in [-0.2, 0) is 0 Å². The second kappa shape index (κ2) is 7.33. The Hall–Kier alpha value is -1.60. The molecule has 1 aromatic carbocycles. The van der Waals surface area contributed by atoms with Crippen LogP contribution < -0.4 is 14.4 Å². The van der Waals surface area contributed by atoms with Crippen molar-refractivity contribution in [2.75, 3.05) is 38.1 Å². The number of aliphatic hydroxyl groups is 1.